The summed E-state index contributed by atoms with van der Waals surface area (Å²) in [5.74, 6) is 0.924. The first kappa shape index (κ1) is 13.4. The summed E-state index contributed by atoms with van der Waals surface area (Å²) in [7, 11) is 1.57. The van der Waals surface area contributed by atoms with Gasteiger partial charge in [0.25, 0.3) is 0 Å². The van der Waals surface area contributed by atoms with Crippen LogP contribution in [-0.4, -0.2) is 47.7 Å². The van der Waals surface area contributed by atoms with E-state index in [-0.39, 0.29) is 18.6 Å². The first-order chi connectivity index (χ1) is 9.78. The Bertz CT molecular complexity index is 451. The van der Waals surface area contributed by atoms with E-state index in [2.05, 4.69) is 4.98 Å². The van der Waals surface area contributed by atoms with E-state index in [1.165, 1.54) is 0 Å². The lowest BCUT2D eigenvalue weighted by molar-refractivity contribution is -0.141. The highest BCUT2D eigenvalue weighted by atomic mass is 16.5. The minimum atomic E-state index is 0.111. The van der Waals surface area contributed by atoms with E-state index in [0.29, 0.717) is 12.1 Å². The highest BCUT2D eigenvalue weighted by Crippen LogP contribution is 2.37. The second-order valence-corrected chi connectivity index (χ2v) is 5.52. The lowest BCUT2D eigenvalue weighted by Crippen LogP contribution is -2.50. The van der Waals surface area contributed by atoms with Crippen molar-refractivity contribution in [2.75, 3.05) is 13.7 Å². The molecule has 3 heterocycles. The van der Waals surface area contributed by atoms with Crippen molar-refractivity contribution in [3.05, 3.63) is 24.5 Å². The molecule has 2 aliphatic rings. The van der Waals surface area contributed by atoms with Crippen LogP contribution >= 0.6 is 0 Å². The van der Waals surface area contributed by atoms with Gasteiger partial charge in [0.05, 0.1) is 6.20 Å². The van der Waals surface area contributed by atoms with E-state index in [9.17, 15) is 4.79 Å². The number of hydrogen-bond acceptors (Lipinski definition) is 4. The smallest absolute Gasteiger partial charge is 0.249 e. The predicted molar refractivity (Wildman–Crippen MR) is 73.4 cm³/mol. The van der Waals surface area contributed by atoms with E-state index in [0.717, 1.165) is 31.4 Å². The van der Waals surface area contributed by atoms with Crippen LogP contribution in [0.1, 0.15) is 25.7 Å². The first-order valence-corrected chi connectivity index (χ1v) is 7.14. The number of fused-ring (bicyclic) bond motifs is 2. The Morgan fingerprint density at radius 3 is 2.75 bits per heavy atom. The monoisotopic (exact) mass is 276 g/mol. The van der Waals surface area contributed by atoms with Gasteiger partial charge >= 0.3 is 0 Å². The number of pyridine rings is 1. The largest absolute Gasteiger partial charge is 0.489 e. The van der Waals surface area contributed by atoms with Gasteiger partial charge in [-0.1, -0.05) is 0 Å². The second-order valence-electron chi connectivity index (χ2n) is 5.52. The van der Waals surface area contributed by atoms with Crippen LogP contribution in [0.5, 0.6) is 5.75 Å². The van der Waals surface area contributed by atoms with Gasteiger partial charge in [0.1, 0.15) is 18.5 Å². The van der Waals surface area contributed by atoms with Crippen LogP contribution in [0.4, 0.5) is 0 Å². The third-order valence-electron chi connectivity index (χ3n) is 4.18. The molecule has 0 spiro atoms. The van der Waals surface area contributed by atoms with Crippen molar-refractivity contribution in [3.63, 3.8) is 0 Å². The molecule has 1 aromatic heterocycles. The minimum Gasteiger partial charge on any atom is -0.489 e. The maximum atomic E-state index is 12.1. The molecule has 5 nitrogen and oxygen atoms in total. The van der Waals surface area contributed by atoms with Gasteiger partial charge in [-0.05, 0) is 25.0 Å². The fourth-order valence-corrected chi connectivity index (χ4v) is 3.44. The number of nitrogens with zero attached hydrogens (tertiary/aromatic N) is 2. The topological polar surface area (TPSA) is 51.7 Å². The number of rotatable bonds is 4. The van der Waals surface area contributed by atoms with E-state index < -0.39 is 0 Å². The average molecular weight is 276 g/mol. The molecular formula is C15H20N2O3. The van der Waals surface area contributed by atoms with Crippen molar-refractivity contribution in [2.45, 2.75) is 43.9 Å². The standard InChI is InChI=1S/C15H20N2O3/c1-19-10-15(18)17-11-4-5-12(17)8-14(7-11)20-13-3-2-6-16-9-13/h2-3,6,9,11-12,14H,4-5,7-8,10H2,1H3. The van der Waals surface area contributed by atoms with Crippen LogP contribution in [-0.2, 0) is 9.53 Å². The molecule has 108 valence electrons. The van der Waals surface area contributed by atoms with E-state index in [1.807, 2.05) is 17.0 Å². The summed E-state index contributed by atoms with van der Waals surface area (Å²) in [6, 6.07) is 4.41. The predicted octanol–water partition coefficient (Wildman–Crippen LogP) is 1.63. The van der Waals surface area contributed by atoms with Crippen LogP contribution in [0.3, 0.4) is 0 Å². The maximum Gasteiger partial charge on any atom is 0.249 e. The zero-order valence-electron chi connectivity index (χ0n) is 11.7. The fourth-order valence-electron chi connectivity index (χ4n) is 3.44. The quantitative estimate of drug-likeness (QED) is 0.838. The van der Waals surface area contributed by atoms with E-state index >= 15 is 0 Å². The number of amides is 1. The Hall–Kier alpha value is -1.62. The number of carbonyl (C=O) groups is 1. The van der Waals surface area contributed by atoms with Gasteiger partial charge in [0.15, 0.2) is 0 Å². The summed E-state index contributed by atoms with van der Waals surface area (Å²) in [5, 5.41) is 0. The third kappa shape index (κ3) is 2.63. The molecule has 1 amide bonds. The average Bonchev–Trinajstić information content (AvgIpc) is 2.72. The number of carbonyl (C=O) groups excluding carboxylic acids is 1. The van der Waals surface area contributed by atoms with Crippen LogP contribution in [0.2, 0.25) is 0 Å². The summed E-state index contributed by atoms with van der Waals surface area (Å²) < 4.78 is 11.0. The van der Waals surface area contributed by atoms with E-state index in [4.69, 9.17) is 9.47 Å². The molecule has 5 heteroatoms. The molecule has 0 aliphatic carbocycles. The molecule has 0 N–H and O–H groups in total. The highest BCUT2D eigenvalue weighted by Gasteiger charge is 2.43. The number of methoxy groups -OCH3 is 1. The molecule has 3 rings (SSSR count). The summed E-state index contributed by atoms with van der Waals surface area (Å²) in [5.41, 5.74) is 0. The summed E-state index contributed by atoms with van der Waals surface area (Å²) >= 11 is 0. The number of ether oxygens (including phenoxy) is 2. The molecule has 0 radical (unpaired) electrons. The molecule has 2 aliphatic heterocycles. The van der Waals surface area contributed by atoms with Crippen LogP contribution in [0.15, 0.2) is 24.5 Å². The number of piperidine rings is 1. The second kappa shape index (κ2) is 5.79. The lowest BCUT2D eigenvalue weighted by Gasteiger charge is -2.38. The summed E-state index contributed by atoms with van der Waals surface area (Å²) in [4.78, 5) is 18.2. The SMILES string of the molecule is COCC(=O)N1C2CCC1CC(Oc1cccnc1)C2. The van der Waals surface area contributed by atoms with Gasteiger partial charge in [0.2, 0.25) is 5.91 Å². The van der Waals surface area contributed by atoms with Gasteiger partial charge in [-0.15, -0.1) is 0 Å². The molecule has 0 saturated carbocycles. The molecule has 2 unspecified atom stereocenters. The van der Waals surface area contributed by atoms with Crippen molar-refractivity contribution in [2.24, 2.45) is 0 Å². The molecule has 20 heavy (non-hydrogen) atoms. The van der Waals surface area contributed by atoms with E-state index in [1.54, 1.807) is 19.5 Å². The highest BCUT2D eigenvalue weighted by molar-refractivity contribution is 5.78. The normalized spacial score (nSPS) is 28.4. The van der Waals surface area contributed by atoms with Gasteiger partial charge in [0, 0.05) is 38.2 Å². The third-order valence-corrected chi connectivity index (χ3v) is 4.18. The van der Waals surface area contributed by atoms with Crippen LogP contribution in [0, 0.1) is 0 Å². The van der Waals surface area contributed by atoms with Gasteiger partial charge in [-0.3, -0.25) is 9.78 Å². The number of hydrogen-bond donors (Lipinski definition) is 0. The minimum absolute atomic E-state index is 0.111. The number of aromatic nitrogens is 1. The Labute approximate surface area is 118 Å². The molecule has 2 saturated heterocycles. The maximum absolute atomic E-state index is 12.1. The van der Waals surface area contributed by atoms with Crippen molar-refractivity contribution in [1.82, 2.24) is 9.88 Å². The zero-order valence-corrected chi connectivity index (χ0v) is 11.7. The van der Waals surface area contributed by atoms with Crippen molar-refractivity contribution >= 4 is 5.91 Å². The molecule has 1 aromatic rings. The lowest BCUT2D eigenvalue weighted by atomic mass is 9.99. The van der Waals surface area contributed by atoms with Crippen LogP contribution < -0.4 is 4.74 Å². The van der Waals surface area contributed by atoms with Gasteiger partial charge in [-0.25, -0.2) is 0 Å². The van der Waals surface area contributed by atoms with Crippen molar-refractivity contribution < 1.29 is 14.3 Å². The van der Waals surface area contributed by atoms with Gasteiger partial charge < -0.3 is 14.4 Å². The van der Waals surface area contributed by atoms with Crippen molar-refractivity contribution in [3.8, 4) is 5.75 Å². The Kier molecular flexibility index (Phi) is 3.87. The van der Waals surface area contributed by atoms with Crippen molar-refractivity contribution in [1.29, 1.82) is 0 Å². The summed E-state index contributed by atoms with van der Waals surface area (Å²) in [6.07, 6.45) is 7.62. The molecule has 2 fully saturated rings. The molecule has 2 atom stereocenters. The molecule has 2 bridgehead atoms. The van der Waals surface area contributed by atoms with Crippen LogP contribution in [0.25, 0.3) is 0 Å². The first-order valence-electron chi connectivity index (χ1n) is 7.14. The zero-order chi connectivity index (χ0) is 13.9. The Morgan fingerprint density at radius 1 is 1.40 bits per heavy atom. The molecule has 0 aromatic carbocycles. The summed E-state index contributed by atoms with van der Waals surface area (Å²) in [6.45, 7) is 0.182. The fraction of sp³-hybridized carbons (Fsp3) is 0.600. The van der Waals surface area contributed by atoms with Gasteiger partial charge in [-0.2, -0.15) is 0 Å². The molecular weight excluding hydrogens is 256 g/mol. The Morgan fingerprint density at radius 2 is 2.15 bits per heavy atom. The Balaban J connectivity index is 1.63.